The molecule has 0 aliphatic carbocycles. The lowest BCUT2D eigenvalue weighted by Crippen LogP contribution is -2.12. The van der Waals surface area contributed by atoms with Gasteiger partial charge < -0.3 is 15.5 Å². The molecule has 0 amide bonds. The third-order valence-electron chi connectivity index (χ3n) is 7.21. The molecule has 0 spiro atoms. The van der Waals surface area contributed by atoms with E-state index in [1.54, 1.807) is 0 Å². The molecular formula is C36H32N4O. The van der Waals surface area contributed by atoms with Crippen molar-refractivity contribution in [2.24, 2.45) is 0 Å². The Bertz CT molecular complexity index is 1890. The smallest absolute Gasteiger partial charge is 0.137 e. The number of nitrogens with zero attached hydrogens (tertiary/aromatic N) is 2. The Balaban J connectivity index is 1.35. The molecule has 2 heterocycles. The van der Waals surface area contributed by atoms with Crippen LogP contribution in [0.25, 0.3) is 33.2 Å². The van der Waals surface area contributed by atoms with Crippen molar-refractivity contribution in [1.82, 2.24) is 9.55 Å². The molecule has 0 fully saturated rings. The van der Waals surface area contributed by atoms with E-state index in [1.165, 1.54) is 17.2 Å². The van der Waals surface area contributed by atoms with Gasteiger partial charge in [0.1, 0.15) is 17.3 Å². The highest BCUT2D eigenvalue weighted by molar-refractivity contribution is 6.10. The van der Waals surface area contributed by atoms with E-state index in [-0.39, 0.29) is 5.41 Å². The maximum atomic E-state index is 7.82. The number of nitrogens with one attached hydrogen (secondary N) is 2. The highest BCUT2D eigenvalue weighted by Gasteiger charge is 2.18. The lowest BCUT2D eigenvalue weighted by molar-refractivity contribution is 0.483. The molecule has 0 saturated heterocycles. The molecule has 0 unspecified atom stereocenters. The second-order valence-corrected chi connectivity index (χ2v) is 11.1. The largest absolute Gasteiger partial charge is 0.457 e. The van der Waals surface area contributed by atoms with Crippen LogP contribution in [-0.2, 0) is 5.41 Å². The zero-order chi connectivity index (χ0) is 28.4. The average molecular weight is 537 g/mol. The third kappa shape index (κ3) is 5.35. The summed E-state index contributed by atoms with van der Waals surface area (Å²) in [5.41, 5.74) is 6.04. The van der Waals surface area contributed by atoms with Crippen LogP contribution in [0.4, 0.5) is 5.69 Å². The summed E-state index contributed by atoms with van der Waals surface area (Å²) in [6, 6.07) is 36.6. The number of fused-ring (bicyclic) bond motifs is 3. The lowest BCUT2D eigenvalue weighted by atomic mass is 9.88. The van der Waals surface area contributed by atoms with Crippen LogP contribution in [0, 0.1) is 5.41 Å². The van der Waals surface area contributed by atoms with Crippen LogP contribution in [0.15, 0.2) is 122 Å². The Morgan fingerprint density at radius 1 is 0.780 bits per heavy atom. The SMILES string of the molecule is CC(C)(C)c1ccnc(-n2c3ccccc3c3ccc(Oc4cccc(NC=C(C=N)c5ccccc5)c4)cc32)c1. The quantitative estimate of drug-likeness (QED) is 0.200. The molecule has 0 radical (unpaired) electrons. The molecule has 6 rings (SSSR count). The molecule has 41 heavy (non-hydrogen) atoms. The summed E-state index contributed by atoms with van der Waals surface area (Å²) < 4.78 is 8.59. The minimum atomic E-state index is 0.0134. The number of benzene rings is 4. The number of allylic oxidation sites excluding steroid dienone is 1. The molecule has 2 aromatic heterocycles. The highest BCUT2D eigenvalue weighted by atomic mass is 16.5. The first kappa shape index (κ1) is 26.1. The summed E-state index contributed by atoms with van der Waals surface area (Å²) in [5, 5.41) is 13.5. The minimum absolute atomic E-state index is 0.0134. The van der Waals surface area contributed by atoms with E-state index < -0.39 is 0 Å². The molecule has 0 saturated carbocycles. The zero-order valence-corrected chi connectivity index (χ0v) is 23.4. The fraction of sp³-hybridized carbons (Fsp3) is 0.111. The predicted octanol–water partition coefficient (Wildman–Crippen LogP) is 9.37. The Morgan fingerprint density at radius 2 is 1.54 bits per heavy atom. The number of para-hydroxylation sites is 1. The second-order valence-electron chi connectivity index (χ2n) is 11.1. The van der Waals surface area contributed by atoms with Gasteiger partial charge in [-0.05, 0) is 59.0 Å². The van der Waals surface area contributed by atoms with E-state index in [1.807, 2.05) is 73.1 Å². The van der Waals surface area contributed by atoms with E-state index in [9.17, 15) is 0 Å². The molecule has 5 nitrogen and oxygen atoms in total. The first-order chi connectivity index (χ1) is 19.9. The van der Waals surface area contributed by atoms with Gasteiger partial charge in [-0.3, -0.25) is 4.57 Å². The van der Waals surface area contributed by atoms with Gasteiger partial charge in [-0.1, -0.05) is 75.4 Å². The van der Waals surface area contributed by atoms with Gasteiger partial charge in [0.25, 0.3) is 0 Å². The summed E-state index contributed by atoms with van der Waals surface area (Å²) in [7, 11) is 0. The van der Waals surface area contributed by atoms with Crippen LogP contribution in [0.3, 0.4) is 0 Å². The van der Waals surface area contributed by atoms with Crippen LogP contribution < -0.4 is 10.1 Å². The van der Waals surface area contributed by atoms with Crippen LogP contribution in [0.1, 0.15) is 31.9 Å². The Labute approximate surface area is 240 Å². The van der Waals surface area contributed by atoms with Crippen molar-refractivity contribution in [2.45, 2.75) is 26.2 Å². The van der Waals surface area contributed by atoms with E-state index in [0.717, 1.165) is 50.6 Å². The number of hydrogen-bond acceptors (Lipinski definition) is 4. The average Bonchev–Trinajstić information content (AvgIpc) is 3.31. The summed E-state index contributed by atoms with van der Waals surface area (Å²) in [5.74, 6) is 2.35. The zero-order valence-electron chi connectivity index (χ0n) is 23.4. The predicted molar refractivity (Wildman–Crippen MR) is 171 cm³/mol. The Hall–Kier alpha value is -5.16. The number of pyridine rings is 1. The maximum absolute atomic E-state index is 7.82. The van der Waals surface area contributed by atoms with Crippen molar-refractivity contribution in [1.29, 1.82) is 5.41 Å². The monoisotopic (exact) mass is 536 g/mol. The van der Waals surface area contributed by atoms with Gasteiger partial charge in [-0.25, -0.2) is 4.98 Å². The molecule has 0 atom stereocenters. The number of anilines is 1. The molecule has 5 heteroatoms. The molecule has 2 N–H and O–H groups in total. The third-order valence-corrected chi connectivity index (χ3v) is 7.21. The summed E-state index contributed by atoms with van der Waals surface area (Å²) in [6.07, 6.45) is 5.08. The van der Waals surface area contributed by atoms with Gasteiger partial charge in [0.05, 0.1) is 11.0 Å². The summed E-state index contributed by atoms with van der Waals surface area (Å²) in [6.45, 7) is 6.66. The van der Waals surface area contributed by atoms with Gasteiger partial charge >= 0.3 is 0 Å². The van der Waals surface area contributed by atoms with Crippen LogP contribution in [0.2, 0.25) is 0 Å². The molecular weight excluding hydrogens is 504 g/mol. The van der Waals surface area contributed by atoms with E-state index >= 15 is 0 Å². The lowest BCUT2D eigenvalue weighted by Gasteiger charge is -2.20. The van der Waals surface area contributed by atoms with Gasteiger partial charge in [-0.2, -0.15) is 0 Å². The molecule has 202 valence electrons. The standard InChI is InChI=1S/C36H32N4O/c1-36(2,3)27-18-19-38-35(20-27)40-33-15-8-7-14-31(33)32-17-16-30(22-34(32)40)41-29-13-9-12-28(21-29)39-24-26(23-37)25-10-5-4-6-11-25/h4-24,37,39H,1-3H3. The number of ether oxygens (including phenoxy) is 1. The van der Waals surface area contributed by atoms with Crippen LogP contribution >= 0.6 is 0 Å². The molecule has 6 aromatic rings. The number of aromatic nitrogens is 2. The first-order valence-electron chi connectivity index (χ1n) is 13.7. The summed E-state index contributed by atoms with van der Waals surface area (Å²) in [4.78, 5) is 4.78. The first-order valence-corrected chi connectivity index (χ1v) is 13.7. The van der Waals surface area contributed by atoms with Gasteiger partial charge in [0, 0.05) is 52.8 Å². The molecule has 0 aliphatic rings. The fourth-order valence-corrected chi connectivity index (χ4v) is 5.05. The Kier molecular flexibility index (Phi) is 6.86. The van der Waals surface area contributed by atoms with Gasteiger partial charge in [0.2, 0.25) is 0 Å². The molecule has 0 bridgehead atoms. The van der Waals surface area contributed by atoms with Crippen molar-refractivity contribution < 1.29 is 4.74 Å². The van der Waals surface area contributed by atoms with Crippen LogP contribution in [0.5, 0.6) is 11.5 Å². The van der Waals surface area contributed by atoms with Crippen molar-refractivity contribution in [3.8, 4) is 17.3 Å². The second kappa shape index (κ2) is 10.8. The molecule has 0 aliphatic heterocycles. The van der Waals surface area contributed by atoms with Gasteiger partial charge in [0.15, 0.2) is 0 Å². The van der Waals surface area contributed by atoms with E-state index in [0.29, 0.717) is 0 Å². The molecule has 4 aromatic carbocycles. The number of rotatable bonds is 7. The Morgan fingerprint density at radius 3 is 2.34 bits per heavy atom. The van der Waals surface area contributed by atoms with Crippen molar-refractivity contribution in [2.75, 3.05) is 5.32 Å². The fourth-order valence-electron chi connectivity index (χ4n) is 5.05. The number of hydrogen-bond donors (Lipinski definition) is 2. The minimum Gasteiger partial charge on any atom is -0.457 e. The normalized spacial score (nSPS) is 12.0. The van der Waals surface area contributed by atoms with Crippen molar-refractivity contribution >= 4 is 39.3 Å². The maximum Gasteiger partial charge on any atom is 0.137 e. The topological polar surface area (TPSA) is 62.9 Å². The highest BCUT2D eigenvalue weighted by Crippen LogP contribution is 2.36. The van der Waals surface area contributed by atoms with Crippen LogP contribution in [-0.4, -0.2) is 15.8 Å². The summed E-state index contributed by atoms with van der Waals surface area (Å²) >= 11 is 0. The van der Waals surface area contributed by atoms with Crippen molar-refractivity contribution in [3.05, 3.63) is 133 Å². The van der Waals surface area contributed by atoms with E-state index in [2.05, 4.69) is 79.2 Å². The van der Waals surface area contributed by atoms with Gasteiger partial charge in [-0.15, -0.1) is 0 Å². The van der Waals surface area contributed by atoms with Crippen molar-refractivity contribution in [3.63, 3.8) is 0 Å². The van der Waals surface area contributed by atoms with E-state index in [4.69, 9.17) is 15.1 Å².